The lowest BCUT2D eigenvalue weighted by atomic mass is 10.1. The number of benzene rings is 2. The summed E-state index contributed by atoms with van der Waals surface area (Å²) in [7, 11) is 1.36. The first-order chi connectivity index (χ1) is 11.6. The van der Waals surface area contributed by atoms with Gasteiger partial charge in [-0.3, -0.25) is 9.59 Å². The number of carbonyl (C=O) groups is 2. The van der Waals surface area contributed by atoms with Gasteiger partial charge in [-0.15, -0.1) is 0 Å². The molecule has 3 rings (SSSR count). The Bertz CT molecular complexity index is 894. The lowest BCUT2D eigenvalue weighted by Crippen LogP contribution is -2.13. The first-order valence-corrected chi connectivity index (χ1v) is 7.83. The maximum atomic E-state index is 12.3. The summed E-state index contributed by atoms with van der Waals surface area (Å²) < 4.78 is 6.87. The molecule has 0 aliphatic carbocycles. The second-order valence-electron chi connectivity index (χ2n) is 5.72. The van der Waals surface area contributed by atoms with Crippen molar-refractivity contribution in [3.05, 3.63) is 71.4 Å². The Morgan fingerprint density at radius 1 is 1.00 bits per heavy atom. The molecule has 0 N–H and O–H groups in total. The van der Waals surface area contributed by atoms with Crippen LogP contribution in [-0.2, 0) is 22.5 Å². The van der Waals surface area contributed by atoms with Gasteiger partial charge in [-0.1, -0.05) is 48.5 Å². The number of fused-ring (bicyclic) bond motifs is 1. The monoisotopic (exact) mass is 321 g/mol. The number of rotatable bonds is 5. The molecular formula is C20H19NO3. The van der Waals surface area contributed by atoms with E-state index >= 15 is 0 Å². The van der Waals surface area contributed by atoms with Crippen LogP contribution in [0, 0.1) is 0 Å². The van der Waals surface area contributed by atoms with Crippen LogP contribution in [-0.4, -0.2) is 23.4 Å². The molecule has 0 bridgehead atoms. The minimum Gasteiger partial charge on any atom is -0.469 e. The highest BCUT2D eigenvalue weighted by molar-refractivity contribution is 6.09. The summed E-state index contributed by atoms with van der Waals surface area (Å²) in [6, 6.07) is 17.7. The summed E-state index contributed by atoms with van der Waals surface area (Å²) in [5, 5.41) is 0.875. The highest BCUT2D eigenvalue weighted by Gasteiger charge is 2.22. The second-order valence-corrected chi connectivity index (χ2v) is 5.72. The first-order valence-electron chi connectivity index (χ1n) is 7.83. The summed E-state index contributed by atoms with van der Waals surface area (Å²) in [6.45, 7) is 2.14. The normalized spacial score (nSPS) is 10.8. The Balaban J connectivity index is 2.22. The molecule has 2 aromatic carbocycles. The van der Waals surface area contributed by atoms with Crippen LogP contribution < -0.4 is 0 Å². The Morgan fingerprint density at radius 3 is 2.33 bits per heavy atom. The van der Waals surface area contributed by atoms with Crippen LogP contribution in [0.1, 0.15) is 28.5 Å². The third-order valence-electron chi connectivity index (χ3n) is 4.15. The zero-order valence-electron chi connectivity index (χ0n) is 13.8. The van der Waals surface area contributed by atoms with Gasteiger partial charge in [-0.25, -0.2) is 0 Å². The number of esters is 1. The number of hydrogen-bond acceptors (Lipinski definition) is 3. The van der Waals surface area contributed by atoms with Crippen LogP contribution in [0.3, 0.4) is 0 Å². The number of Topliss-reactive ketones (excluding diaryl/α,β-unsaturated/α-hetero) is 1. The molecule has 0 atom stereocenters. The number of ketones is 1. The molecule has 0 saturated heterocycles. The van der Waals surface area contributed by atoms with E-state index in [0.717, 1.165) is 16.5 Å². The maximum Gasteiger partial charge on any atom is 0.311 e. The summed E-state index contributed by atoms with van der Waals surface area (Å²) in [5.74, 6) is -0.397. The molecule has 1 aromatic heterocycles. The standard InChI is InChI=1S/C20H19NO3/c1-14(22)20-16-10-6-7-11-17(16)21(18(20)12-19(23)24-2)13-15-8-4-3-5-9-15/h3-11H,12-13H2,1-2H3. The smallest absolute Gasteiger partial charge is 0.311 e. The van der Waals surface area contributed by atoms with Gasteiger partial charge < -0.3 is 9.30 Å². The molecule has 24 heavy (non-hydrogen) atoms. The molecule has 0 saturated carbocycles. The van der Waals surface area contributed by atoms with Gasteiger partial charge in [0.1, 0.15) is 0 Å². The van der Waals surface area contributed by atoms with Crippen molar-refractivity contribution in [3.8, 4) is 0 Å². The number of hydrogen-bond donors (Lipinski definition) is 0. The predicted molar refractivity (Wildman–Crippen MR) is 93.2 cm³/mol. The van der Waals surface area contributed by atoms with E-state index in [2.05, 4.69) is 0 Å². The summed E-state index contributed by atoms with van der Waals surface area (Å²) in [5.41, 5.74) is 3.37. The maximum absolute atomic E-state index is 12.3. The van der Waals surface area contributed by atoms with Gasteiger partial charge in [0, 0.05) is 28.7 Å². The molecule has 0 aliphatic rings. The average molecular weight is 321 g/mol. The third-order valence-corrected chi connectivity index (χ3v) is 4.15. The third kappa shape index (κ3) is 2.95. The second kappa shape index (κ2) is 6.71. The van der Waals surface area contributed by atoms with E-state index in [1.165, 1.54) is 14.0 Å². The number of ether oxygens (including phenoxy) is 1. The highest BCUT2D eigenvalue weighted by atomic mass is 16.5. The summed E-state index contributed by atoms with van der Waals surface area (Å²) in [4.78, 5) is 24.1. The van der Waals surface area contributed by atoms with Crippen molar-refractivity contribution in [1.29, 1.82) is 0 Å². The van der Waals surface area contributed by atoms with Gasteiger partial charge in [0.05, 0.1) is 13.5 Å². The summed E-state index contributed by atoms with van der Waals surface area (Å²) >= 11 is 0. The van der Waals surface area contributed by atoms with Gasteiger partial charge in [-0.2, -0.15) is 0 Å². The Hall–Kier alpha value is -2.88. The molecule has 122 valence electrons. The Morgan fingerprint density at radius 2 is 1.67 bits per heavy atom. The number of aromatic nitrogens is 1. The molecule has 0 unspecified atom stereocenters. The number of carbonyl (C=O) groups excluding carboxylic acids is 2. The SMILES string of the molecule is COC(=O)Cc1c(C(C)=O)c2ccccc2n1Cc1ccccc1. The largest absolute Gasteiger partial charge is 0.469 e. The molecule has 0 fully saturated rings. The first kappa shape index (κ1) is 16.0. The number of para-hydroxylation sites is 1. The molecular weight excluding hydrogens is 302 g/mol. The van der Waals surface area contributed by atoms with E-state index < -0.39 is 0 Å². The van der Waals surface area contributed by atoms with Gasteiger partial charge in [-0.05, 0) is 18.6 Å². The topological polar surface area (TPSA) is 48.3 Å². The van der Waals surface area contributed by atoms with Crippen LogP contribution in [0.25, 0.3) is 10.9 Å². The Labute approximate surface area is 140 Å². The number of nitrogens with zero attached hydrogens (tertiary/aromatic N) is 1. The van der Waals surface area contributed by atoms with Crippen LogP contribution in [0.5, 0.6) is 0 Å². The van der Waals surface area contributed by atoms with Crippen molar-refractivity contribution in [2.24, 2.45) is 0 Å². The van der Waals surface area contributed by atoms with Crippen molar-refractivity contribution in [3.63, 3.8) is 0 Å². The fraction of sp³-hybridized carbons (Fsp3) is 0.200. The highest BCUT2D eigenvalue weighted by Crippen LogP contribution is 2.28. The minimum atomic E-state index is -0.352. The molecule has 0 amide bonds. The van der Waals surface area contributed by atoms with Gasteiger partial charge >= 0.3 is 5.97 Å². The van der Waals surface area contributed by atoms with E-state index in [1.807, 2.05) is 59.2 Å². The van der Waals surface area contributed by atoms with E-state index in [1.54, 1.807) is 0 Å². The minimum absolute atomic E-state index is 0.0445. The quantitative estimate of drug-likeness (QED) is 0.533. The lowest BCUT2D eigenvalue weighted by molar-refractivity contribution is -0.139. The van der Waals surface area contributed by atoms with Crippen molar-refractivity contribution in [2.45, 2.75) is 19.9 Å². The molecule has 0 aliphatic heterocycles. The van der Waals surface area contributed by atoms with Crippen LogP contribution in [0.15, 0.2) is 54.6 Å². The van der Waals surface area contributed by atoms with Gasteiger partial charge in [0.2, 0.25) is 0 Å². The fourth-order valence-electron chi connectivity index (χ4n) is 3.09. The van der Waals surface area contributed by atoms with Gasteiger partial charge in [0.15, 0.2) is 5.78 Å². The number of methoxy groups -OCH3 is 1. The van der Waals surface area contributed by atoms with E-state index in [0.29, 0.717) is 17.8 Å². The van der Waals surface area contributed by atoms with Crippen LogP contribution in [0.2, 0.25) is 0 Å². The van der Waals surface area contributed by atoms with E-state index in [-0.39, 0.29) is 18.2 Å². The Kier molecular flexibility index (Phi) is 4.47. The van der Waals surface area contributed by atoms with Crippen LogP contribution in [0.4, 0.5) is 0 Å². The van der Waals surface area contributed by atoms with Crippen molar-refractivity contribution in [1.82, 2.24) is 4.57 Å². The lowest BCUT2D eigenvalue weighted by Gasteiger charge is -2.11. The zero-order chi connectivity index (χ0) is 17.1. The summed E-state index contributed by atoms with van der Waals surface area (Å²) in [6.07, 6.45) is 0.0763. The predicted octanol–water partition coefficient (Wildman–Crippen LogP) is 3.61. The molecule has 0 spiro atoms. The fourth-order valence-corrected chi connectivity index (χ4v) is 3.09. The average Bonchev–Trinajstić information content (AvgIpc) is 2.89. The van der Waals surface area contributed by atoms with E-state index in [9.17, 15) is 9.59 Å². The van der Waals surface area contributed by atoms with E-state index in [4.69, 9.17) is 4.74 Å². The van der Waals surface area contributed by atoms with Crippen molar-refractivity contribution in [2.75, 3.05) is 7.11 Å². The molecule has 1 heterocycles. The van der Waals surface area contributed by atoms with Crippen molar-refractivity contribution < 1.29 is 14.3 Å². The molecule has 4 heteroatoms. The van der Waals surface area contributed by atoms with Gasteiger partial charge in [0.25, 0.3) is 0 Å². The molecule has 0 radical (unpaired) electrons. The molecule has 4 nitrogen and oxygen atoms in total. The molecule has 3 aromatic rings. The zero-order valence-corrected chi connectivity index (χ0v) is 13.8. The van der Waals surface area contributed by atoms with Crippen LogP contribution >= 0.6 is 0 Å². The van der Waals surface area contributed by atoms with Crippen molar-refractivity contribution >= 4 is 22.7 Å².